The molecule has 4 heteroatoms. The predicted octanol–water partition coefficient (Wildman–Crippen LogP) is 3.83. The van der Waals surface area contributed by atoms with E-state index in [9.17, 15) is 0 Å². The average molecular weight is 300 g/mol. The summed E-state index contributed by atoms with van der Waals surface area (Å²) in [4.78, 5) is 0. The summed E-state index contributed by atoms with van der Waals surface area (Å²) in [7, 11) is 1.98. The third-order valence-corrected chi connectivity index (χ3v) is 4.80. The topological polar surface area (TPSA) is 29.9 Å². The highest BCUT2D eigenvalue weighted by Gasteiger charge is 2.31. The molecule has 0 saturated carbocycles. The highest BCUT2D eigenvalue weighted by molar-refractivity contribution is 6.31. The Bertz CT molecular complexity index is 437. The minimum atomic E-state index is 0.179. The van der Waals surface area contributed by atoms with Crippen LogP contribution < -0.4 is 5.32 Å². The summed E-state index contributed by atoms with van der Waals surface area (Å²) >= 11 is 6.41. The molecule has 0 saturated heterocycles. The maximum Gasteiger partial charge on any atom is 0.0847 e. The lowest BCUT2D eigenvalue weighted by Crippen LogP contribution is -2.39. The molecule has 0 bridgehead atoms. The molecule has 116 valence electrons. The molecule has 0 radical (unpaired) electrons. The van der Waals surface area contributed by atoms with Crippen molar-refractivity contribution in [1.29, 1.82) is 0 Å². The van der Waals surface area contributed by atoms with Crippen molar-refractivity contribution in [3.8, 4) is 0 Å². The van der Waals surface area contributed by atoms with Crippen molar-refractivity contribution in [3.63, 3.8) is 0 Å². The molecule has 0 aromatic carbocycles. The Morgan fingerprint density at radius 2 is 1.90 bits per heavy atom. The number of hydrogen-bond donors (Lipinski definition) is 1. The quantitative estimate of drug-likeness (QED) is 0.829. The van der Waals surface area contributed by atoms with Gasteiger partial charge < -0.3 is 5.32 Å². The van der Waals surface area contributed by atoms with Crippen LogP contribution in [0.4, 0.5) is 0 Å². The fourth-order valence-electron chi connectivity index (χ4n) is 2.37. The third kappa shape index (κ3) is 4.23. The second-order valence-electron chi connectivity index (χ2n) is 6.98. The van der Waals surface area contributed by atoms with E-state index in [2.05, 4.69) is 45.0 Å². The fraction of sp³-hybridized carbons (Fsp3) is 0.812. The third-order valence-electron chi connectivity index (χ3n) is 4.31. The van der Waals surface area contributed by atoms with Crippen LogP contribution in [0.25, 0.3) is 0 Å². The molecule has 0 spiro atoms. The Labute approximate surface area is 129 Å². The number of halogens is 1. The summed E-state index contributed by atoms with van der Waals surface area (Å²) in [5, 5.41) is 8.85. The Morgan fingerprint density at radius 1 is 1.30 bits per heavy atom. The first-order valence-electron chi connectivity index (χ1n) is 7.56. The van der Waals surface area contributed by atoms with E-state index in [1.165, 1.54) is 0 Å². The monoisotopic (exact) mass is 299 g/mol. The Kier molecular flexibility index (Phi) is 6.08. The molecule has 0 aliphatic carbocycles. The van der Waals surface area contributed by atoms with Crippen LogP contribution in [0.3, 0.4) is 0 Å². The van der Waals surface area contributed by atoms with Gasteiger partial charge in [0.1, 0.15) is 0 Å². The van der Waals surface area contributed by atoms with Crippen molar-refractivity contribution < 1.29 is 0 Å². The van der Waals surface area contributed by atoms with Crippen LogP contribution in [-0.2, 0) is 13.5 Å². The summed E-state index contributed by atoms with van der Waals surface area (Å²) in [5.74, 6) is 1.25. The highest BCUT2D eigenvalue weighted by atomic mass is 35.5. The zero-order valence-electron chi connectivity index (χ0n) is 14.0. The number of nitrogens with one attached hydrogen (secondary N) is 1. The molecular formula is C16H30ClN3. The van der Waals surface area contributed by atoms with E-state index in [0.29, 0.717) is 11.8 Å². The Hall–Kier alpha value is -0.540. The van der Waals surface area contributed by atoms with E-state index in [-0.39, 0.29) is 5.41 Å². The van der Waals surface area contributed by atoms with E-state index in [1.54, 1.807) is 0 Å². The van der Waals surface area contributed by atoms with E-state index >= 15 is 0 Å². The van der Waals surface area contributed by atoms with Gasteiger partial charge >= 0.3 is 0 Å². The van der Waals surface area contributed by atoms with Crippen molar-refractivity contribution in [2.45, 2.75) is 48.0 Å². The number of rotatable bonds is 7. The molecule has 0 fully saturated rings. The maximum atomic E-state index is 6.41. The molecule has 1 aromatic heterocycles. The lowest BCUT2D eigenvalue weighted by Gasteiger charge is -2.34. The molecule has 1 aromatic rings. The molecule has 0 aliphatic rings. The lowest BCUT2D eigenvalue weighted by atomic mass is 9.75. The van der Waals surface area contributed by atoms with Crippen LogP contribution in [0.1, 0.15) is 46.0 Å². The summed E-state index contributed by atoms with van der Waals surface area (Å²) in [6.07, 6.45) is 0.950. The molecular weight excluding hydrogens is 270 g/mol. The van der Waals surface area contributed by atoms with Crippen molar-refractivity contribution in [1.82, 2.24) is 15.1 Å². The van der Waals surface area contributed by atoms with Crippen molar-refractivity contribution >= 4 is 11.6 Å². The highest BCUT2D eigenvalue weighted by Crippen LogP contribution is 2.33. The first kappa shape index (κ1) is 17.5. The summed E-state index contributed by atoms with van der Waals surface area (Å²) in [6.45, 7) is 15.4. The van der Waals surface area contributed by atoms with Gasteiger partial charge in [0.15, 0.2) is 0 Å². The molecule has 20 heavy (non-hydrogen) atoms. The normalized spacial score (nSPS) is 15.1. The maximum absolute atomic E-state index is 6.41. The SMILES string of the molecule is Cc1nn(C)c(CC(C)(CNCC(C)C)C(C)C)c1Cl. The van der Waals surface area contributed by atoms with E-state index < -0.39 is 0 Å². The summed E-state index contributed by atoms with van der Waals surface area (Å²) < 4.78 is 1.93. The van der Waals surface area contributed by atoms with Crippen molar-refractivity contribution in [2.24, 2.45) is 24.3 Å². The van der Waals surface area contributed by atoms with Crippen LogP contribution in [-0.4, -0.2) is 22.9 Å². The molecule has 0 amide bonds. The van der Waals surface area contributed by atoms with Gasteiger partial charge in [-0.15, -0.1) is 0 Å². The van der Waals surface area contributed by atoms with Gasteiger partial charge in [-0.05, 0) is 37.1 Å². The zero-order valence-corrected chi connectivity index (χ0v) is 14.8. The minimum Gasteiger partial charge on any atom is -0.316 e. The molecule has 1 rings (SSSR count). The van der Waals surface area contributed by atoms with Gasteiger partial charge in [0.25, 0.3) is 0 Å². The number of hydrogen-bond acceptors (Lipinski definition) is 2. The second-order valence-corrected chi connectivity index (χ2v) is 7.36. The van der Waals surface area contributed by atoms with E-state index in [0.717, 1.165) is 35.9 Å². The smallest absolute Gasteiger partial charge is 0.0847 e. The van der Waals surface area contributed by atoms with Gasteiger partial charge in [-0.1, -0.05) is 46.2 Å². The standard InChI is InChI=1S/C16H30ClN3/c1-11(2)9-18-10-16(6,12(3)4)8-14-15(17)13(5)19-20(14)7/h11-12,18H,8-10H2,1-7H3. The molecule has 1 atom stereocenters. The van der Waals surface area contributed by atoms with Gasteiger partial charge in [-0.25, -0.2) is 0 Å². The van der Waals surface area contributed by atoms with Crippen LogP contribution >= 0.6 is 11.6 Å². The van der Waals surface area contributed by atoms with Gasteiger partial charge in [-0.3, -0.25) is 4.68 Å². The van der Waals surface area contributed by atoms with Gasteiger partial charge in [-0.2, -0.15) is 5.10 Å². The molecule has 1 N–H and O–H groups in total. The second kappa shape index (κ2) is 6.95. The average Bonchev–Trinajstić information content (AvgIpc) is 2.55. The summed E-state index contributed by atoms with van der Waals surface area (Å²) in [5.41, 5.74) is 2.25. The minimum absolute atomic E-state index is 0.179. The fourth-order valence-corrected chi connectivity index (χ4v) is 2.60. The molecule has 0 aliphatic heterocycles. The lowest BCUT2D eigenvalue weighted by molar-refractivity contribution is 0.201. The molecule has 3 nitrogen and oxygen atoms in total. The van der Waals surface area contributed by atoms with E-state index in [4.69, 9.17) is 11.6 Å². The first-order chi connectivity index (χ1) is 9.17. The van der Waals surface area contributed by atoms with Crippen LogP contribution in [0.5, 0.6) is 0 Å². The van der Waals surface area contributed by atoms with Gasteiger partial charge in [0.2, 0.25) is 0 Å². The largest absolute Gasteiger partial charge is 0.316 e. The molecule has 1 heterocycles. The molecule has 1 unspecified atom stereocenters. The van der Waals surface area contributed by atoms with Crippen molar-refractivity contribution in [3.05, 3.63) is 16.4 Å². The van der Waals surface area contributed by atoms with Crippen LogP contribution in [0, 0.1) is 24.2 Å². The van der Waals surface area contributed by atoms with Gasteiger partial charge in [0, 0.05) is 13.6 Å². The van der Waals surface area contributed by atoms with Crippen molar-refractivity contribution in [2.75, 3.05) is 13.1 Å². The zero-order chi connectivity index (χ0) is 15.5. The number of aryl methyl sites for hydroxylation is 2. The predicted molar refractivity (Wildman–Crippen MR) is 87.3 cm³/mol. The summed E-state index contributed by atoms with van der Waals surface area (Å²) in [6, 6.07) is 0. The van der Waals surface area contributed by atoms with E-state index in [1.807, 2.05) is 18.7 Å². The Morgan fingerprint density at radius 3 is 2.30 bits per heavy atom. The number of nitrogens with zero attached hydrogens (tertiary/aromatic N) is 2. The Balaban J connectivity index is 2.85. The first-order valence-corrected chi connectivity index (χ1v) is 7.94. The van der Waals surface area contributed by atoms with Crippen LogP contribution in [0.15, 0.2) is 0 Å². The van der Waals surface area contributed by atoms with Crippen LogP contribution in [0.2, 0.25) is 5.02 Å². The number of aromatic nitrogens is 2. The van der Waals surface area contributed by atoms with Gasteiger partial charge in [0.05, 0.1) is 16.4 Å².